The lowest BCUT2D eigenvalue weighted by atomic mass is 10.2. The van der Waals surface area contributed by atoms with Crippen LogP contribution < -0.4 is 5.32 Å². The summed E-state index contributed by atoms with van der Waals surface area (Å²) in [5.41, 5.74) is 0.936. The second kappa shape index (κ2) is 10.1. The molecule has 156 valence electrons. The third kappa shape index (κ3) is 6.10. The third-order valence-electron chi connectivity index (χ3n) is 4.08. The van der Waals surface area contributed by atoms with Crippen LogP contribution in [-0.4, -0.2) is 44.3 Å². The van der Waals surface area contributed by atoms with Crippen LogP contribution in [0.5, 0.6) is 0 Å². The minimum atomic E-state index is -3.92. The first-order chi connectivity index (χ1) is 13.8. The molecule has 1 N–H and O–H groups in total. The number of nitrogens with one attached hydrogen (secondary N) is 1. The van der Waals surface area contributed by atoms with Gasteiger partial charge >= 0.3 is 5.97 Å². The zero-order valence-electron chi connectivity index (χ0n) is 16.2. The van der Waals surface area contributed by atoms with Crippen molar-refractivity contribution in [3.63, 3.8) is 0 Å². The first-order valence-electron chi connectivity index (χ1n) is 9.06. The number of sulfonamides is 1. The van der Waals surface area contributed by atoms with Crippen LogP contribution >= 0.6 is 0 Å². The Labute approximate surface area is 169 Å². The Morgan fingerprint density at radius 3 is 2.21 bits per heavy atom. The van der Waals surface area contributed by atoms with Crippen LogP contribution in [0.1, 0.15) is 29.8 Å². The topological polar surface area (TPSA) is 92.8 Å². The van der Waals surface area contributed by atoms with E-state index in [1.807, 2.05) is 0 Å². The van der Waals surface area contributed by atoms with Crippen molar-refractivity contribution in [3.05, 3.63) is 65.5 Å². The number of nitrogens with zero attached hydrogens (tertiary/aromatic N) is 1. The van der Waals surface area contributed by atoms with Gasteiger partial charge in [0, 0.05) is 13.1 Å². The molecule has 0 aromatic heterocycles. The smallest absolute Gasteiger partial charge is 0.338 e. The van der Waals surface area contributed by atoms with Gasteiger partial charge in [-0.2, -0.15) is 4.31 Å². The fourth-order valence-corrected chi connectivity index (χ4v) is 3.92. The van der Waals surface area contributed by atoms with E-state index in [4.69, 9.17) is 4.74 Å². The number of rotatable bonds is 9. The van der Waals surface area contributed by atoms with Crippen molar-refractivity contribution in [2.45, 2.75) is 25.3 Å². The molecule has 0 spiro atoms. The highest BCUT2D eigenvalue weighted by Gasteiger charge is 2.25. The maximum atomic E-state index is 12.9. The van der Waals surface area contributed by atoms with Gasteiger partial charge in [0.05, 0.1) is 23.6 Å². The summed E-state index contributed by atoms with van der Waals surface area (Å²) in [5, 5.41) is 2.62. The van der Waals surface area contributed by atoms with E-state index in [0.29, 0.717) is 5.56 Å². The lowest BCUT2D eigenvalue weighted by Gasteiger charge is -2.20. The Morgan fingerprint density at radius 1 is 1.03 bits per heavy atom. The van der Waals surface area contributed by atoms with Gasteiger partial charge < -0.3 is 10.1 Å². The Kier molecular flexibility index (Phi) is 7.86. The molecule has 9 heteroatoms. The first kappa shape index (κ1) is 22.5. The predicted octanol–water partition coefficient (Wildman–Crippen LogP) is 2.33. The molecule has 0 heterocycles. The molecule has 0 bridgehead atoms. The number of esters is 1. The van der Waals surface area contributed by atoms with Gasteiger partial charge in [0.2, 0.25) is 15.9 Å². The lowest BCUT2D eigenvalue weighted by Crippen LogP contribution is -2.40. The molecule has 2 aromatic carbocycles. The van der Waals surface area contributed by atoms with Crippen LogP contribution in [0.25, 0.3) is 0 Å². The van der Waals surface area contributed by atoms with Gasteiger partial charge in [-0.05, 0) is 48.9 Å². The molecule has 0 aliphatic carbocycles. The van der Waals surface area contributed by atoms with Gasteiger partial charge in [0.25, 0.3) is 0 Å². The van der Waals surface area contributed by atoms with E-state index in [-0.39, 0.29) is 42.5 Å². The summed E-state index contributed by atoms with van der Waals surface area (Å²) < 4.78 is 44.4. The van der Waals surface area contributed by atoms with Crippen LogP contribution in [-0.2, 0) is 26.1 Å². The molecule has 0 aliphatic heterocycles. The van der Waals surface area contributed by atoms with E-state index >= 15 is 0 Å². The zero-order chi connectivity index (χ0) is 21.4. The average Bonchev–Trinajstić information content (AvgIpc) is 2.71. The molecule has 2 aromatic rings. The summed E-state index contributed by atoms with van der Waals surface area (Å²) in [6.07, 6.45) is 0. The van der Waals surface area contributed by atoms with Crippen LogP contribution in [0.15, 0.2) is 53.4 Å². The van der Waals surface area contributed by atoms with Gasteiger partial charge in [0.1, 0.15) is 5.82 Å². The number of carbonyl (C=O) groups is 2. The lowest BCUT2D eigenvalue weighted by molar-refractivity contribution is -0.121. The van der Waals surface area contributed by atoms with Gasteiger partial charge in [-0.3, -0.25) is 4.79 Å². The van der Waals surface area contributed by atoms with E-state index in [0.717, 1.165) is 4.31 Å². The van der Waals surface area contributed by atoms with Crippen molar-refractivity contribution >= 4 is 21.9 Å². The van der Waals surface area contributed by atoms with Crippen molar-refractivity contribution < 1.29 is 27.1 Å². The van der Waals surface area contributed by atoms with Crippen LogP contribution in [0, 0.1) is 5.82 Å². The van der Waals surface area contributed by atoms with Crippen molar-refractivity contribution in [2.24, 2.45) is 0 Å². The van der Waals surface area contributed by atoms with Gasteiger partial charge in [-0.15, -0.1) is 0 Å². The van der Waals surface area contributed by atoms with E-state index in [2.05, 4.69) is 5.32 Å². The van der Waals surface area contributed by atoms with E-state index in [9.17, 15) is 22.4 Å². The van der Waals surface area contributed by atoms with Crippen molar-refractivity contribution in [2.75, 3.05) is 19.7 Å². The Bertz CT molecular complexity index is 944. The number of carbonyl (C=O) groups excluding carboxylic acids is 2. The molecule has 0 saturated heterocycles. The Hall–Kier alpha value is -2.78. The predicted molar refractivity (Wildman–Crippen MR) is 105 cm³/mol. The van der Waals surface area contributed by atoms with E-state index in [1.165, 1.54) is 48.5 Å². The summed E-state index contributed by atoms with van der Waals surface area (Å²) in [4.78, 5) is 23.9. The Balaban J connectivity index is 2.03. The summed E-state index contributed by atoms with van der Waals surface area (Å²) in [7, 11) is -3.92. The molecule has 0 atom stereocenters. The number of ether oxygens (including phenoxy) is 1. The minimum absolute atomic E-state index is 0.0290. The highest BCUT2D eigenvalue weighted by Crippen LogP contribution is 2.17. The molecule has 0 aliphatic rings. The van der Waals surface area contributed by atoms with Crippen LogP contribution in [0.3, 0.4) is 0 Å². The SMILES string of the molecule is CCOC(=O)c1ccc(S(=O)(=O)N(CC)CC(=O)NCc2ccc(F)cc2)cc1. The first-order valence-corrected chi connectivity index (χ1v) is 10.5. The standard InChI is InChI=1S/C20H23FN2O5S/c1-3-23(14-19(24)22-13-15-5-9-17(21)10-6-15)29(26,27)18-11-7-16(8-12-18)20(25)28-4-2/h5-12H,3-4,13-14H2,1-2H3,(H,22,24). The molecular weight excluding hydrogens is 399 g/mol. The molecule has 2 rings (SSSR count). The second-order valence-corrected chi connectivity index (χ2v) is 8.02. The summed E-state index contributed by atoms with van der Waals surface area (Å²) >= 11 is 0. The van der Waals surface area contributed by atoms with Gasteiger partial charge in [0.15, 0.2) is 0 Å². The number of likely N-dealkylation sites (N-methyl/N-ethyl adjacent to an activating group) is 1. The average molecular weight is 422 g/mol. The van der Waals surface area contributed by atoms with Crippen molar-refractivity contribution in [3.8, 4) is 0 Å². The highest BCUT2D eigenvalue weighted by atomic mass is 32.2. The van der Waals surface area contributed by atoms with Crippen LogP contribution in [0.2, 0.25) is 0 Å². The largest absolute Gasteiger partial charge is 0.462 e. The summed E-state index contributed by atoms with van der Waals surface area (Å²) in [6.45, 7) is 3.40. The number of halogens is 1. The quantitative estimate of drug-likeness (QED) is 0.626. The molecule has 7 nitrogen and oxygen atoms in total. The molecule has 29 heavy (non-hydrogen) atoms. The molecule has 1 amide bonds. The minimum Gasteiger partial charge on any atom is -0.462 e. The Morgan fingerprint density at radius 2 is 1.66 bits per heavy atom. The molecule has 0 radical (unpaired) electrons. The number of hydrogen-bond acceptors (Lipinski definition) is 5. The van der Waals surface area contributed by atoms with E-state index in [1.54, 1.807) is 13.8 Å². The summed E-state index contributed by atoms with van der Waals surface area (Å²) in [6, 6.07) is 11.0. The molecule has 0 unspecified atom stereocenters. The maximum Gasteiger partial charge on any atom is 0.338 e. The fraction of sp³-hybridized carbons (Fsp3) is 0.300. The van der Waals surface area contributed by atoms with Crippen molar-refractivity contribution in [1.29, 1.82) is 0 Å². The van der Waals surface area contributed by atoms with E-state index < -0.39 is 21.9 Å². The molecule has 0 saturated carbocycles. The number of hydrogen-bond donors (Lipinski definition) is 1. The maximum absolute atomic E-state index is 12.9. The normalized spacial score (nSPS) is 11.3. The number of benzene rings is 2. The molecular formula is C20H23FN2O5S. The molecule has 0 fully saturated rings. The third-order valence-corrected chi connectivity index (χ3v) is 6.01. The monoisotopic (exact) mass is 422 g/mol. The van der Waals surface area contributed by atoms with Crippen LogP contribution in [0.4, 0.5) is 4.39 Å². The zero-order valence-corrected chi connectivity index (χ0v) is 17.0. The van der Waals surface area contributed by atoms with Crippen molar-refractivity contribution in [1.82, 2.24) is 9.62 Å². The van der Waals surface area contributed by atoms with Gasteiger partial charge in [-0.25, -0.2) is 17.6 Å². The van der Waals surface area contributed by atoms with Gasteiger partial charge in [-0.1, -0.05) is 19.1 Å². The second-order valence-electron chi connectivity index (χ2n) is 6.08. The number of amides is 1. The fourth-order valence-electron chi connectivity index (χ4n) is 2.51. The summed E-state index contributed by atoms with van der Waals surface area (Å²) in [5.74, 6) is -1.40. The highest BCUT2D eigenvalue weighted by molar-refractivity contribution is 7.89.